The summed E-state index contributed by atoms with van der Waals surface area (Å²) in [5, 5.41) is 9.04. The molecule has 0 aliphatic carbocycles. The summed E-state index contributed by atoms with van der Waals surface area (Å²) in [6.45, 7) is 4.18. The normalized spacial score (nSPS) is 10.4. The van der Waals surface area contributed by atoms with Crippen LogP contribution >= 0.6 is 0 Å². The lowest BCUT2D eigenvalue weighted by molar-refractivity contribution is 0.627. The van der Waals surface area contributed by atoms with Gasteiger partial charge in [-0.1, -0.05) is 13.8 Å². The summed E-state index contributed by atoms with van der Waals surface area (Å²) in [6.07, 6.45) is 1.72. The van der Waals surface area contributed by atoms with Crippen molar-refractivity contribution in [1.29, 1.82) is 5.26 Å². The molecule has 0 N–H and O–H groups in total. The maximum atomic E-state index is 13.1. The zero-order valence-corrected chi connectivity index (χ0v) is 10.3. The minimum Gasteiger partial charge on any atom is -0.256 e. The number of benzene rings is 1. The maximum absolute atomic E-state index is 13.1. The van der Waals surface area contributed by atoms with Crippen molar-refractivity contribution in [2.24, 2.45) is 0 Å². The second kappa shape index (κ2) is 4.97. The van der Waals surface area contributed by atoms with E-state index in [4.69, 9.17) is 5.26 Å². The molecular formula is C15H13FN2. The van der Waals surface area contributed by atoms with Gasteiger partial charge >= 0.3 is 0 Å². The van der Waals surface area contributed by atoms with Crippen LogP contribution in [0.3, 0.4) is 0 Å². The van der Waals surface area contributed by atoms with Crippen molar-refractivity contribution in [3.63, 3.8) is 0 Å². The Hall–Kier alpha value is -2.21. The largest absolute Gasteiger partial charge is 0.256 e. The SMILES string of the molecule is CC(C)c1ccnc(-c2ccc(F)cc2C#N)c1. The average Bonchev–Trinajstić information content (AvgIpc) is 2.38. The lowest BCUT2D eigenvalue weighted by atomic mass is 9.99. The first-order valence-electron chi connectivity index (χ1n) is 5.78. The van der Waals surface area contributed by atoms with Crippen molar-refractivity contribution in [2.75, 3.05) is 0 Å². The smallest absolute Gasteiger partial charge is 0.124 e. The number of hydrogen-bond donors (Lipinski definition) is 0. The highest BCUT2D eigenvalue weighted by Crippen LogP contribution is 2.25. The van der Waals surface area contributed by atoms with Crippen LogP contribution in [0.5, 0.6) is 0 Å². The van der Waals surface area contributed by atoms with Crippen LogP contribution in [0.4, 0.5) is 4.39 Å². The van der Waals surface area contributed by atoms with Crippen molar-refractivity contribution in [3.8, 4) is 17.3 Å². The van der Waals surface area contributed by atoms with Crippen LogP contribution in [0, 0.1) is 17.1 Å². The van der Waals surface area contributed by atoms with Crippen LogP contribution in [0.1, 0.15) is 30.9 Å². The lowest BCUT2D eigenvalue weighted by Gasteiger charge is -2.08. The molecule has 0 saturated heterocycles. The molecule has 1 heterocycles. The van der Waals surface area contributed by atoms with Crippen LogP contribution in [0.2, 0.25) is 0 Å². The number of nitrogens with zero attached hydrogens (tertiary/aromatic N) is 2. The fraction of sp³-hybridized carbons (Fsp3) is 0.200. The third-order valence-corrected chi connectivity index (χ3v) is 2.83. The number of aromatic nitrogens is 1. The monoisotopic (exact) mass is 240 g/mol. The van der Waals surface area contributed by atoms with Gasteiger partial charge < -0.3 is 0 Å². The Morgan fingerprint density at radius 2 is 2.00 bits per heavy atom. The molecule has 2 nitrogen and oxygen atoms in total. The highest BCUT2D eigenvalue weighted by Gasteiger charge is 2.09. The topological polar surface area (TPSA) is 36.7 Å². The van der Waals surface area contributed by atoms with Crippen molar-refractivity contribution >= 4 is 0 Å². The van der Waals surface area contributed by atoms with E-state index < -0.39 is 5.82 Å². The fourth-order valence-electron chi connectivity index (χ4n) is 1.79. The van der Waals surface area contributed by atoms with E-state index in [9.17, 15) is 4.39 Å². The molecule has 2 rings (SSSR count). The minimum absolute atomic E-state index is 0.309. The van der Waals surface area contributed by atoms with E-state index >= 15 is 0 Å². The van der Waals surface area contributed by atoms with E-state index in [1.54, 1.807) is 12.3 Å². The third-order valence-electron chi connectivity index (χ3n) is 2.83. The Balaban J connectivity index is 2.56. The van der Waals surface area contributed by atoms with Gasteiger partial charge in [0.2, 0.25) is 0 Å². The van der Waals surface area contributed by atoms with Gasteiger partial charge in [0.15, 0.2) is 0 Å². The Labute approximate surface area is 106 Å². The van der Waals surface area contributed by atoms with Crippen LogP contribution in [-0.2, 0) is 0 Å². The van der Waals surface area contributed by atoms with Gasteiger partial charge in [-0.2, -0.15) is 5.26 Å². The first-order valence-corrected chi connectivity index (χ1v) is 5.78. The molecule has 1 aromatic carbocycles. The highest BCUT2D eigenvalue weighted by molar-refractivity contribution is 5.67. The minimum atomic E-state index is -0.407. The fourth-order valence-corrected chi connectivity index (χ4v) is 1.79. The standard InChI is InChI=1S/C15H13FN2/c1-10(2)11-5-6-18-15(8-11)14-4-3-13(16)7-12(14)9-17/h3-8,10H,1-2H3. The van der Waals surface area contributed by atoms with Crippen LogP contribution < -0.4 is 0 Å². The summed E-state index contributed by atoms with van der Waals surface area (Å²) in [5.74, 6) is -0.0203. The van der Waals surface area contributed by atoms with E-state index in [0.717, 1.165) is 5.56 Å². The van der Waals surface area contributed by atoms with Crippen LogP contribution in [0.25, 0.3) is 11.3 Å². The molecule has 1 aromatic heterocycles. The molecule has 2 aromatic rings. The van der Waals surface area contributed by atoms with Gasteiger partial charge in [0, 0.05) is 11.8 Å². The van der Waals surface area contributed by atoms with Gasteiger partial charge in [-0.05, 0) is 41.8 Å². The number of hydrogen-bond acceptors (Lipinski definition) is 2. The van der Waals surface area contributed by atoms with Crippen molar-refractivity contribution in [3.05, 3.63) is 53.5 Å². The predicted octanol–water partition coefficient (Wildman–Crippen LogP) is 3.88. The molecule has 0 saturated carbocycles. The molecule has 0 unspecified atom stereocenters. The predicted molar refractivity (Wildman–Crippen MR) is 68.4 cm³/mol. The summed E-state index contributed by atoms with van der Waals surface area (Å²) in [7, 11) is 0. The summed E-state index contributed by atoms with van der Waals surface area (Å²) in [4.78, 5) is 4.26. The molecule has 90 valence electrons. The van der Waals surface area contributed by atoms with E-state index in [2.05, 4.69) is 18.8 Å². The molecule has 0 amide bonds. The molecule has 0 radical (unpaired) electrons. The van der Waals surface area contributed by atoms with Gasteiger partial charge in [-0.3, -0.25) is 4.98 Å². The van der Waals surface area contributed by atoms with Gasteiger partial charge in [0.1, 0.15) is 5.82 Å². The zero-order valence-electron chi connectivity index (χ0n) is 10.3. The van der Waals surface area contributed by atoms with E-state index in [1.165, 1.54) is 12.1 Å². The Bertz CT molecular complexity index is 612. The van der Waals surface area contributed by atoms with Crippen molar-refractivity contribution in [2.45, 2.75) is 19.8 Å². The summed E-state index contributed by atoms with van der Waals surface area (Å²) >= 11 is 0. The number of rotatable bonds is 2. The summed E-state index contributed by atoms with van der Waals surface area (Å²) < 4.78 is 13.1. The van der Waals surface area contributed by atoms with Gasteiger partial charge in [0.05, 0.1) is 17.3 Å². The highest BCUT2D eigenvalue weighted by atomic mass is 19.1. The van der Waals surface area contributed by atoms with Crippen LogP contribution in [-0.4, -0.2) is 4.98 Å². The van der Waals surface area contributed by atoms with Gasteiger partial charge in [0.25, 0.3) is 0 Å². The molecule has 0 spiro atoms. The van der Waals surface area contributed by atoms with Gasteiger partial charge in [-0.15, -0.1) is 0 Å². The second-order valence-electron chi connectivity index (χ2n) is 4.43. The van der Waals surface area contributed by atoms with E-state index in [-0.39, 0.29) is 0 Å². The molecule has 3 heteroatoms. The summed E-state index contributed by atoms with van der Waals surface area (Å²) in [5.41, 5.74) is 2.83. The molecule has 0 aliphatic heterocycles. The molecule has 0 fully saturated rings. The van der Waals surface area contributed by atoms with E-state index in [0.29, 0.717) is 22.7 Å². The van der Waals surface area contributed by atoms with Crippen molar-refractivity contribution in [1.82, 2.24) is 4.98 Å². The second-order valence-corrected chi connectivity index (χ2v) is 4.43. The average molecular weight is 240 g/mol. The quantitative estimate of drug-likeness (QED) is 0.798. The first kappa shape index (κ1) is 12.3. The molecule has 0 bridgehead atoms. The first-order chi connectivity index (χ1) is 8.61. The lowest BCUT2D eigenvalue weighted by Crippen LogP contribution is -1.93. The zero-order chi connectivity index (χ0) is 13.1. The Kier molecular flexibility index (Phi) is 3.38. The molecular weight excluding hydrogens is 227 g/mol. The van der Waals surface area contributed by atoms with E-state index in [1.807, 2.05) is 18.2 Å². The van der Waals surface area contributed by atoms with Crippen LogP contribution in [0.15, 0.2) is 36.5 Å². The van der Waals surface area contributed by atoms with Gasteiger partial charge in [-0.25, -0.2) is 4.39 Å². The summed E-state index contributed by atoms with van der Waals surface area (Å²) in [6, 6.07) is 10.1. The molecule has 0 atom stereocenters. The number of nitriles is 1. The number of halogens is 1. The Morgan fingerprint density at radius 3 is 2.67 bits per heavy atom. The molecule has 18 heavy (non-hydrogen) atoms. The Morgan fingerprint density at radius 1 is 1.22 bits per heavy atom. The third kappa shape index (κ3) is 2.38. The molecule has 0 aliphatic rings. The maximum Gasteiger partial charge on any atom is 0.124 e. The number of pyridine rings is 1. The van der Waals surface area contributed by atoms with Crippen molar-refractivity contribution < 1.29 is 4.39 Å².